The van der Waals surface area contributed by atoms with Crippen molar-refractivity contribution in [1.29, 1.82) is 0 Å². The first-order valence-corrected chi connectivity index (χ1v) is 5.81. The molecule has 0 atom stereocenters. The number of aryl methyl sites for hydroxylation is 1. The number of aromatic nitrogens is 2. The number of ether oxygens (including phenoxy) is 1. The van der Waals surface area contributed by atoms with Crippen molar-refractivity contribution >= 4 is 5.97 Å². The van der Waals surface area contributed by atoms with E-state index < -0.39 is 0 Å². The fourth-order valence-corrected chi connectivity index (χ4v) is 1.63. The zero-order valence-corrected chi connectivity index (χ0v) is 11.0. The molecule has 0 aliphatic carbocycles. The highest BCUT2D eigenvalue weighted by Gasteiger charge is 2.14. The molecule has 0 spiro atoms. The molecule has 0 saturated carbocycles. The van der Waals surface area contributed by atoms with Crippen LogP contribution in [0.5, 0.6) is 0 Å². The summed E-state index contributed by atoms with van der Waals surface area (Å²) in [5, 5.41) is 0. The minimum absolute atomic E-state index is 0.196. The Bertz CT molecular complexity index is 360. The topological polar surface area (TPSA) is 47.4 Å². The van der Waals surface area contributed by atoms with Crippen molar-refractivity contribution in [2.45, 2.75) is 26.3 Å². The average molecular weight is 239 g/mol. The third-order valence-corrected chi connectivity index (χ3v) is 2.83. The molecule has 0 amide bonds. The van der Waals surface area contributed by atoms with Crippen LogP contribution in [0.25, 0.3) is 0 Å². The van der Waals surface area contributed by atoms with E-state index in [4.69, 9.17) is 4.74 Å². The second-order valence-electron chi connectivity index (χ2n) is 4.34. The normalized spacial score (nSPS) is 11.2. The number of imidazole rings is 1. The van der Waals surface area contributed by atoms with Gasteiger partial charge in [0.05, 0.1) is 13.7 Å². The third kappa shape index (κ3) is 4.19. The molecule has 0 bridgehead atoms. The van der Waals surface area contributed by atoms with Crippen molar-refractivity contribution in [3.63, 3.8) is 0 Å². The van der Waals surface area contributed by atoms with Crippen molar-refractivity contribution in [1.82, 2.24) is 14.5 Å². The van der Waals surface area contributed by atoms with Crippen LogP contribution in [0.15, 0.2) is 12.4 Å². The van der Waals surface area contributed by atoms with Gasteiger partial charge in [0.1, 0.15) is 5.82 Å². The summed E-state index contributed by atoms with van der Waals surface area (Å²) < 4.78 is 6.69. The molecule has 96 valence electrons. The number of methoxy groups -OCH3 is 1. The first-order valence-electron chi connectivity index (χ1n) is 5.81. The maximum atomic E-state index is 11.3. The highest BCUT2D eigenvalue weighted by atomic mass is 16.5. The smallest absolute Gasteiger partial charge is 0.319 e. The summed E-state index contributed by atoms with van der Waals surface area (Å²) in [5.41, 5.74) is 0. The molecule has 0 aliphatic heterocycles. The van der Waals surface area contributed by atoms with E-state index in [0.29, 0.717) is 12.6 Å². The van der Waals surface area contributed by atoms with Crippen LogP contribution in [-0.4, -0.2) is 46.7 Å². The number of hydrogen-bond donors (Lipinski definition) is 0. The molecule has 1 aromatic rings. The van der Waals surface area contributed by atoms with Gasteiger partial charge in [0.25, 0.3) is 0 Å². The van der Waals surface area contributed by atoms with Gasteiger partial charge >= 0.3 is 5.97 Å². The van der Waals surface area contributed by atoms with Crippen LogP contribution >= 0.6 is 0 Å². The fraction of sp³-hybridized carbons (Fsp3) is 0.667. The summed E-state index contributed by atoms with van der Waals surface area (Å²) in [5.74, 6) is 0.832. The van der Waals surface area contributed by atoms with Gasteiger partial charge in [-0.15, -0.1) is 0 Å². The quantitative estimate of drug-likeness (QED) is 0.690. The Balaban J connectivity index is 2.50. The van der Waals surface area contributed by atoms with Gasteiger partial charge in [-0.25, -0.2) is 4.98 Å². The Kier molecular flexibility index (Phi) is 5.15. The molecule has 0 aromatic carbocycles. The minimum Gasteiger partial charge on any atom is -0.468 e. The summed E-state index contributed by atoms with van der Waals surface area (Å²) in [7, 11) is 3.39. The van der Waals surface area contributed by atoms with E-state index in [9.17, 15) is 4.79 Å². The maximum absolute atomic E-state index is 11.3. The third-order valence-electron chi connectivity index (χ3n) is 2.83. The van der Waals surface area contributed by atoms with E-state index in [1.807, 2.05) is 17.8 Å². The zero-order chi connectivity index (χ0) is 12.8. The summed E-state index contributed by atoms with van der Waals surface area (Å²) in [6.45, 7) is 5.28. The lowest BCUT2D eigenvalue weighted by molar-refractivity contribution is -0.142. The molecule has 5 heteroatoms. The molecule has 0 N–H and O–H groups in total. The Labute approximate surface area is 102 Å². The van der Waals surface area contributed by atoms with Crippen LogP contribution in [0.3, 0.4) is 0 Å². The molecule has 0 saturated heterocycles. The molecule has 5 nitrogen and oxygen atoms in total. The van der Waals surface area contributed by atoms with Crippen molar-refractivity contribution in [3.05, 3.63) is 18.2 Å². The standard InChI is InChI=1S/C12H21N3O2/c1-10(2)15(9-12(16)17-4)7-5-11-13-6-8-14(11)3/h6,8,10H,5,7,9H2,1-4H3. The van der Waals surface area contributed by atoms with Crippen LogP contribution in [0.1, 0.15) is 19.7 Å². The first-order chi connectivity index (χ1) is 8.04. The molecule has 0 radical (unpaired) electrons. The number of hydrogen-bond acceptors (Lipinski definition) is 4. The van der Waals surface area contributed by atoms with Gasteiger partial charge in [-0.05, 0) is 13.8 Å². The maximum Gasteiger partial charge on any atom is 0.319 e. The van der Waals surface area contributed by atoms with E-state index in [1.54, 1.807) is 6.20 Å². The second-order valence-corrected chi connectivity index (χ2v) is 4.34. The van der Waals surface area contributed by atoms with Crippen molar-refractivity contribution < 1.29 is 9.53 Å². The minimum atomic E-state index is -0.196. The fourth-order valence-electron chi connectivity index (χ4n) is 1.63. The van der Waals surface area contributed by atoms with Crippen LogP contribution in [0.2, 0.25) is 0 Å². The molecule has 0 fully saturated rings. The summed E-state index contributed by atoms with van der Waals surface area (Å²) in [6.07, 6.45) is 4.55. The number of rotatable bonds is 6. The highest BCUT2D eigenvalue weighted by molar-refractivity contribution is 5.71. The number of nitrogens with zero attached hydrogens (tertiary/aromatic N) is 3. The second kappa shape index (κ2) is 6.39. The SMILES string of the molecule is COC(=O)CN(CCc1nccn1C)C(C)C. The predicted octanol–water partition coefficient (Wildman–Crippen LogP) is 0.846. The van der Waals surface area contributed by atoms with Crippen molar-refractivity contribution in [3.8, 4) is 0 Å². The Morgan fingerprint density at radius 1 is 1.59 bits per heavy atom. The van der Waals surface area contributed by atoms with Crippen LogP contribution in [0.4, 0.5) is 0 Å². The van der Waals surface area contributed by atoms with Gasteiger partial charge in [-0.3, -0.25) is 9.69 Å². The number of carbonyl (C=O) groups excluding carboxylic acids is 1. The van der Waals surface area contributed by atoms with E-state index in [1.165, 1.54) is 7.11 Å². The lowest BCUT2D eigenvalue weighted by Crippen LogP contribution is -2.37. The Morgan fingerprint density at radius 3 is 2.76 bits per heavy atom. The summed E-state index contributed by atoms with van der Waals surface area (Å²) in [6, 6.07) is 0.314. The van der Waals surface area contributed by atoms with E-state index in [-0.39, 0.29) is 5.97 Å². The van der Waals surface area contributed by atoms with Crippen LogP contribution < -0.4 is 0 Å². The average Bonchev–Trinajstić information content (AvgIpc) is 2.69. The van der Waals surface area contributed by atoms with Crippen LogP contribution in [-0.2, 0) is 23.0 Å². The van der Waals surface area contributed by atoms with Gasteiger partial charge in [-0.1, -0.05) is 0 Å². The molecular formula is C12H21N3O2. The lowest BCUT2D eigenvalue weighted by Gasteiger charge is -2.24. The molecule has 17 heavy (non-hydrogen) atoms. The number of carbonyl (C=O) groups is 1. The largest absolute Gasteiger partial charge is 0.468 e. The molecule has 0 aliphatic rings. The van der Waals surface area contributed by atoms with E-state index in [0.717, 1.165) is 18.8 Å². The molecule has 1 aromatic heterocycles. The first kappa shape index (κ1) is 13.7. The summed E-state index contributed by atoms with van der Waals surface area (Å²) >= 11 is 0. The highest BCUT2D eigenvalue weighted by Crippen LogP contribution is 2.03. The molecular weight excluding hydrogens is 218 g/mol. The van der Waals surface area contributed by atoms with Crippen LogP contribution in [0, 0.1) is 0 Å². The zero-order valence-electron chi connectivity index (χ0n) is 11.0. The van der Waals surface area contributed by atoms with Gasteiger partial charge in [0, 0.05) is 38.4 Å². The number of esters is 1. The lowest BCUT2D eigenvalue weighted by atomic mass is 10.2. The predicted molar refractivity (Wildman–Crippen MR) is 65.6 cm³/mol. The molecule has 0 unspecified atom stereocenters. The van der Waals surface area contributed by atoms with Crippen molar-refractivity contribution in [2.24, 2.45) is 7.05 Å². The van der Waals surface area contributed by atoms with E-state index in [2.05, 4.69) is 23.7 Å². The van der Waals surface area contributed by atoms with Crippen molar-refractivity contribution in [2.75, 3.05) is 20.2 Å². The molecule has 1 rings (SSSR count). The van der Waals surface area contributed by atoms with Gasteiger partial charge in [0.15, 0.2) is 0 Å². The van der Waals surface area contributed by atoms with Gasteiger partial charge < -0.3 is 9.30 Å². The van der Waals surface area contributed by atoms with E-state index >= 15 is 0 Å². The Morgan fingerprint density at radius 2 is 2.29 bits per heavy atom. The molecule has 1 heterocycles. The Hall–Kier alpha value is -1.36. The monoisotopic (exact) mass is 239 g/mol. The summed E-state index contributed by atoms with van der Waals surface area (Å²) in [4.78, 5) is 17.6. The van der Waals surface area contributed by atoms with Gasteiger partial charge in [0.2, 0.25) is 0 Å². The van der Waals surface area contributed by atoms with Gasteiger partial charge in [-0.2, -0.15) is 0 Å².